The summed E-state index contributed by atoms with van der Waals surface area (Å²) in [6.07, 6.45) is -3.74. The number of carbonyl (C=O) groups is 1. The monoisotopic (exact) mass is 421 g/mol. The SMILES string of the molecule is O=C1CCC(c2nc(-c3ccccc3Cl)no2)N1Cc1cccc(C(F)(F)F)c1. The average Bonchev–Trinajstić information content (AvgIpc) is 3.29. The van der Waals surface area contributed by atoms with Crippen molar-refractivity contribution in [1.82, 2.24) is 15.0 Å². The van der Waals surface area contributed by atoms with Crippen molar-refractivity contribution < 1.29 is 22.5 Å². The third-order valence-electron chi connectivity index (χ3n) is 4.78. The van der Waals surface area contributed by atoms with Crippen molar-refractivity contribution in [3.63, 3.8) is 0 Å². The van der Waals surface area contributed by atoms with Gasteiger partial charge in [-0.05, 0) is 36.2 Å². The summed E-state index contributed by atoms with van der Waals surface area (Å²) in [5.41, 5.74) is 0.223. The van der Waals surface area contributed by atoms with E-state index < -0.39 is 17.8 Å². The summed E-state index contributed by atoms with van der Waals surface area (Å²) in [4.78, 5) is 18.2. The first-order valence-electron chi connectivity index (χ1n) is 8.87. The highest BCUT2D eigenvalue weighted by Gasteiger charge is 2.37. The number of benzene rings is 2. The summed E-state index contributed by atoms with van der Waals surface area (Å²) < 4.78 is 44.3. The van der Waals surface area contributed by atoms with Gasteiger partial charge >= 0.3 is 6.18 Å². The lowest BCUT2D eigenvalue weighted by atomic mass is 10.1. The van der Waals surface area contributed by atoms with Crippen LogP contribution in [0.2, 0.25) is 5.02 Å². The predicted molar refractivity (Wildman–Crippen MR) is 98.7 cm³/mol. The van der Waals surface area contributed by atoms with Crippen molar-refractivity contribution in [1.29, 1.82) is 0 Å². The van der Waals surface area contributed by atoms with Gasteiger partial charge in [-0.3, -0.25) is 4.79 Å². The van der Waals surface area contributed by atoms with Crippen LogP contribution in [0.4, 0.5) is 13.2 Å². The lowest BCUT2D eigenvalue weighted by molar-refractivity contribution is -0.137. The second kappa shape index (κ2) is 7.51. The molecule has 0 saturated carbocycles. The summed E-state index contributed by atoms with van der Waals surface area (Å²) in [5.74, 6) is 0.353. The second-order valence-electron chi connectivity index (χ2n) is 6.71. The molecule has 150 valence electrons. The van der Waals surface area contributed by atoms with Crippen molar-refractivity contribution in [2.45, 2.75) is 31.6 Å². The van der Waals surface area contributed by atoms with Crippen LogP contribution in [0.1, 0.15) is 35.9 Å². The molecule has 0 bridgehead atoms. The molecule has 9 heteroatoms. The Bertz CT molecular complexity index is 1050. The molecular weight excluding hydrogens is 407 g/mol. The molecule has 5 nitrogen and oxygen atoms in total. The minimum atomic E-state index is -4.44. The van der Waals surface area contributed by atoms with E-state index in [0.717, 1.165) is 12.1 Å². The van der Waals surface area contributed by atoms with Crippen LogP contribution in [0.5, 0.6) is 0 Å². The number of hydrogen-bond acceptors (Lipinski definition) is 4. The van der Waals surface area contributed by atoms with Gasteiger partial charge in [0.2, 0.25) is 17.6 Å². The van der Waals surface area contributed by atoms with Gasteiger partial charge in [0.15, 0.2) is 0 Å². The normalized spacial score (nSPS) is 17.2. The first-order chi connectivity index (χ1) is 13.8. The van der Waals surface area contributed by atoms with Crippen LogP contribution >= 0.6 is 11.6 Å². The number of rotatable bonds is 4. The largest absolute Gasteiger partial charge is 0.416 e. The lowest BCUT2D eigenvalue weighted by Crippen LogP contribution is -2.27. The van der Waals surface area contributed by atoms with Gasteiger partial charge in [0.05, 0.1) is 10.6 Å². The molecule has 1 amide bonds. The Kier molecular flexibility index (Phi) is 5.04. The van der Waals surface area contributed by atoms with E-state index in [9.17, 15) is 18.0 Å². The minimum Gasteiger partial charge on any atom is -0.337 e. The van der Waals surface area contributed by atoms with Crippen molar-refractivity contribution in [2.75, 3.05) is 0 Å². The topological polar surface area (TPSA) is 59.2 Å². The van der Waals surface area contributed by atoms with Gasteiger partial charge in [-0.15, -0.1) is 0 Å². The third-order valence-corrected chi connectivity index (χ3v) is 5.11. The zero-order valence-electron chi connectivity index (χ0n) is 15.0. The summed E-state index contributed by atoms with van der Waals surface area (Å²) >= 11 is 6.16. The molecule has 1 aromatic heterocycles. The Balaban J connectivity index is 1.59. The van der Waals surface area contributed by atoms with E-state index in [4.69, 9.17) is 16.1 Å². The summed E-state index contributed by atoms with van der Waals surface area (Å²) in [6, 6.07) is 11.4. The summed E-state index contributed by atoms with van der Waals surface area (Å²) in [7, 11) is 0. The van der Waals surface area contributed by atoms with Crippen molar-refractivity contribution in [3.05, 3.63) is 70.6 Å². The van der Waals surface area contributed by atoms with E-state index in [1.165, 1.54) is 11.0 Å². The fourth-order valence-corrected chi connectivity index (χ4v) is 3.57. The average molecular weight is 422 g/mol. The maximum absolute atomic E-state index is 13.0. The van der Waals surface area contributed by atoms with Gasteiger partial charge in [0, 0.05) is 18.5 Å². The maximum Gasteiger partial charge on any atom is 0.416 e. The summed E-state index contributed by atoms with van der Waals surface area (Å²) in [6.45, 7) is 0.0250. The van der Waals surface area contributed by atoms with Crippen molar-refractivity contribution in [3.8, 4) is 11.4 Å². The van der Waals surface area contributed by atoms with Gasteiger partial charge in [-0.25, -0.2) is 0 Å². The molecule has 29 heavy (non-hydrogen) atoms. The van der Waals surface area contributed by atoms with Gasteiger partial charge in [0.25, 0.3) is 0 Å². The van der Waals surface area contributed by atoms with E-state index in [2.05, 4.69) is 10.1 Å². The van der Waals surface area contributed by atoms with Crippen molar-refractivity contribution >= 4 is 17.5 Å². The number of amides is 1. The van der Waals surface area contributed by atoms with Crippen LogP contribution in [0.15, 0.2) is 53.1 Å². The number of hydrogen-bond donors (Lipinski definition) is 0. The molecule has 1 aliphatic heterocycles. The van der Waals surface area contributed by atoms with Gasteiger partial charge in [-0.2, -0.15) is 18.2 Å². The zero-order valence-corrected chi connectivity index (χ0v) is 15.7. The molecule has 0 N–H and O–H groups in total. The van der Waals surface area contributed by atoms with Crippen LogP contribution in [-0.2, 0) is 17.5 Å². The smallest absolute Gasteiger partial charge is 0.337 e. The molecule has 3 aromatic rings. The molecule has 2 aromatic carbocycles. The molecule has 1 atom stereocenters. The summed E-state index contributed by atoms with van der Waals surface area (Å²) in [5, 5.41) is 4.41. The zero-order chi connectivity index (χ0) is 20.6. The molecule has 1 unspecified atom stereocenters. The van der Waals surface area contributed by atoms with Crippen LogP contribution < -0.4 is 0 Å². The molecule has 0 aliphatic carbocycles. The molecule has 0 radical (unpaired) electrons. The van der Waals surface area contributed by atoms with E-state index in [-0.39, 0.29) is 24.8 Å². The molecular formula is C20H15ClF3N3O2. The van der Waals surface area contributed by atoms with Crippen LogP contribution in [-0.4, -0.2) is 20.9 Å². The molecule has 1 aliphatic rings. The molecule has 1 fully saturated rings. The Labute approximate surface area is 169 Å². The second-order valence-corrected chi connectivity index (χ2v) is 7.12. The van der Waals surface area contributed by atoms with Crippen LogP contribution in [0.3, 0.4) is 0 Å². The number of alkyl halides is 3. The third kappa shape index (κ3) is 3.98. The lowest BCUT2D eigenvalue weighted by Gasteiger charge is -2.22. The number of aromatic nitrogens is 2. The maximum atomic E-state index is 13.0. The Morgan fingerprint density at radius 1 is 1.17 bits per heavy atom. The Morgan fingerprint density at radius 3 is 2.72 bits per heavy atom. The van der Waals surface area contributed by atoms with Crippen LogP contribution in [0, 0.1) is 0 Å². The molecule has 1 saturated heterocycles. The van der Waals surface area contributed by atoms with E-state index in [1.54, 1.807) is 30.3 Å². The predicted octanol–water partition coefficient (Wildman–Crippen LogP) is 5.27. The van der Waals surface area contributed by atoms with Gasteiger partial charge in [-0.1, -0.05) is 41.0 Å². The standard InChI is InChI=1S/C20H15ClF3N3O2/c21-15-7-2-1-6-14(15)18-25-19(29-26-18)16-8-9-17(28)27(16)11-12-4-3-5-13(10-12)20(22,23)24/h1-7,10,16H,8-9,11H2. The van der Waals surface area contributed by atoms with Crippen molar-refractivity contribution in [2.24, 2.45) is 0 Å². The fraction of sp³-hybridized carbons (Fsp3) is 0.250. The highest BCUT2D eigenvalue weighted by Crippen LogP contribution is 2.36. The van der Waals surface area contributed by atoms with Crippen LogP contribution in [0.25, 0.3) is 11.4 Å². The van der Waals surface area contributed by atoms with Gasteiger partial charge in [0.1, 0.15) is 6.04 Å². The highest BCUT2D eigenvalue weighted by molar-refractivity contribution is 6.33. The molecule has 4 rings (SSSR count). The number of carbonyl (C=O) groups excluding carboxylic acids is 1. The number of halogens is 4. The Morgan fingerprint density at radius 2 is 1.97 bits per heavy atom. The highest BCUT2D eigenvalue weighted by atomic mass is 35.5. The minimum absolute atomic E-state index is 0.0250. The van der Waals surface area contributed by atoms with E-state index in [0.29, 0.717) is 28.4 Å². The first-order valence-corrected chi connectivity index (χ1v) is 9.25. The first kappa shape index (κ1) is 19.4. The number of likely N-dealkylation sites (tertiary alicyclic amines) is 1. The van der Waals surface area contributed by atoms with Gasteiger partial charge < -0.3 is 9.42 Å². The molecule has 2 heterocycles. The fourth-order valence-electron chi connectivity index (χ4n) is 3.35. The quantitative estimate of drug-likeness (QED) is 0.575. The van der Waals surface area contributed by atoms with E-state index in [1.807, 2.05) is 0 Å². The molecule has 0 spiro atoms. The number of nitrogens with zero attached hydrogens (tertiary/aromatic N) is 3. The Hall–Kier alpha value is -2.87. The van der Waals surface area contributed by atoms with E-state index >= 15 is 0 Å².